The summed E-state index contributed by atoms with van der Waals surface area (Å²) in [5.74, 6) is -2.03. The number of halogens is 2. The molecule has 0 atom stereocenters. The zero-order chi connectivity index (χ0) is 10.0. The molecule has 0 saturated heterocycles. The minimum Gasteiger partial charge on any atom is -0.504 e. The molecule has 0 spiro atoms. The van der Waals surface area contributed by atoms with Crippen molar-refractivity contribution in [1.82, 2.24) is 0 Å². The van der Waals surface area contributed by atoms with Gasteiger partial charge in [0.25, 0.3) is 0 Å². The number of hydrogen-bond donors (Lipinski definition) is 1. The molecule has 0 aliphatic carbocycles. The van der Waals surface area contributed by atoms with Gasteiger partial charge in [0.15, 0.2) is 11.5 Å². The van der Waals surface area contributed by atoms with E-state index in [1.807, 2.05) is 0 Å². The Hall–Kier alpha value is -1.47. The molecule has 0 heterocycles. The quantitative estimate of drug-likeness (QED) is 0.757. The predicted molar refractivity (Wildman–Crippen MR) is 44.3 cm³/mol. The number of nitriles is 1. The largest absolute Gasteiger partial charge is 0.504 e. The Kier molecular flexibility index (Phi) is 2.59. The molecule has 0 saturated carbocycles. The first-order chi connectivity index (χ1) is 6.11. The monoisotopic (exact) mass is 201 g/mol. The van der Waals surface area contributed by atoms with Crippen LogP contribution in [-0.4, -0.2) is 12.2 Å². The molecule has 3 nitrogen and oxygen atoms in total. The summed E-state index contributed by atoms with van der Waals surface area (Å²) in [7, 11) is 1.22. The van der Waals surface area contributed by atoms with Crippen molar-refractivity contribution in [2.45, 2.75) is 0 Å². The summed E-state index contributed by atoms with van der Waals surface area (Å²) in [6.45, 7) is 0. The second kappa shape index (κ2) is 3.50. The smallest absolute Gasteiger partial charge is 0.209 e. The van der Waals surface area contributed by atoms with Crippen LogP contribution in [0.2, 0.25) is 5.02 Å². The van der Waals surface area contributed by atoms with Gasteiger partial charge in [0.2, 0.25) is 5.82 Å². The number of rotatable bonds is 1. The van der Waals surface area contributed by atoms with Crippen LogP contribution in [0.1, 0.15) is 5.56 Å². The highest BCUT2D eigenvalue weighted by molar-refractivity contribution is 6.32. The van der Waals surface area contributed by atoms with Gasteiger partial charge in [0.05, 0.1) is 17.7 Å². The number of phenols is 1. The maximum Gasteiger partial charge on any atom is 0.209 e. The van der Waals surface area contributed by atoms with E-state index in [1.165, 1.54) is 7.11 Å². The molecule has 0 aliphatic rings. The van der Waals surface area contributed by atoms with Gasteiger partial charge in [-0.1, -0.05) is 11.6 Å². The normalized spacial score (nSPS) is 9.38. The van der Waals surface area contributed by atoms with Gasteiger partial charge >= 0.3 is 0 Å². The highest BCUT2D eigenvalue weighted by Crippen LogP contribution is 2.35. The van der Waals surface area contributed by atoms with Crippen LogP contribution >= 0.6 is 11.6 Å². The second-order valence-corrected chi connectivity index (χ2v) is 2.62. The number of nitrogens with zero attached hydrogens (tertiary/aromatic N) is 1. The Balaban J connectivity index is 3.48. The van der Waals surface area contributed by atoms with E-state index in [2.05, 4.69) is 4.74 Å². The summed E-state index contributed by atoms with van der Waals surface area (Å²) in [4.78, 5) is 0. The van der Waals surface area contributed by atoms with E-state index in [-0.39, 0.29) is 16.3 Å². The van der Waals surface area contributed by atoms with E-state index in [9.17, 15) is 4.39 Å². The van der Waals surface area contributed by atoms with Crippen LogP contribution in [0.4, 0.5) is 4.39 Å². The van der Waals surface area contributed by atoms with Crippen molar-refractivity contribution in [2.75, 3.05) is 7.11 Å². The van der Waals surface area contributed by atoms with Crippen LogP contribution < -0.4 is 4.74 Å². The minimum absolute atomic E-state index is 0.0469. The Morgan fingerprint density at radius 2 is 2.31 bits per heavy atom. The fourth-order valence-corrected chi connectivity index (χ4v) is 1.13. The first-order valence-corrected chi connectivity index (χ1v) is 3.64. The van der Waals surface area contributed by atoms with Gasteiger partial charge in [-0.25, -0.2) is 0 Å². The topological polar surface area (TPSA) is 53.2 Å². The average Bonchev–Trinajstić information content (AvgIpc) is 2.12. The molecule has 1 aromatic rings. The molecule has 1 rings (SSSR count). The number of phenolic OH excluding ortho intramolecular Hbond substituents is 1. The Bertz CT molecular complexity index is 383. The van der Waals surface area contributed by atoms with Gasteiger partial charge in [-0.05, 0) is 6.07 Å². The highest BCUT2D eigenvalue weighted by atomic mass is 35.5. The highest BCUT2D eigenvalue weighted by Gasteiger charge is 2.17. The molecule has 0 unspecified atom stereocenters. The summed E-state index contributed by atoms with van der Waals surface area (Å²) < 4.78 is 17.7. The first kappa shape index (κ1) is 9.62. The number of methoxy groups -OCH3 is 1. The van der Waals surface area contributed by atoms with E-state index in [0.717, 1.165) is 6.07 Å². The standard InChI is InChI=1S/C8H5ClFNO2/c1-13-8-5(9)2-4(3-11)7(12)6(8)10/h2,12H,1H3. The maximum atomic E-state index is 13.1. The summed E-state index contributed by atoms with van der Waals surface area (Å²) in [5.41, 5.74) is -0.219. The van der Waals surface area contributed by atoms with Crippen LogP contribution in [0.15, 0.2) is 6.07 Å². The van der Waals surface area contributed by atoms with Crippen LogP contribution in [0.5, 0.6) is 11.5 Å². The summed E-state index contributed by atoms with van der Waals surface area (Å²) in [6, 6.07) is 2.74. The van der Waals surface area contributed by atoms with Gasteiger partial charge in [0.1, 0.15) is 6.07 Å². The molecule has 0 bridgehead atoms. The van der Waals surface area contributed by atoms with Crippen molar-refractivity contribution in [3.8, 4) is 17.6 Å². The Labute approximate surface area is 78.9 Å². The molecule has 0 aliphatic heterocycles. The molecule has 1 aromatic carbocycles. The second-order valence-electron chi connectivity index (χ2n) is 2.21. The minimum atomic E-state index is -1.02. The lowest BCUT2D eigenvalue weighted by Crippen LogP contribution is -1.92. The van der Waals surface area contributed by atoms with Crippen molar-refractivity contribution >= 4 is 11.6 Å². The molecule has 68 valence electrons. The number of hydrogen-bond acceptors (Lipinski definition) is 3. The van der Waals surface area contributed by atoms with Gasteiger partial charge < -0.3 is 9.84 Å². The lowest BCUT2D eigenvalue weighted by molar-refractivity contribution is 0.364. The first-order valence-electron chi connectivity index (χ1n) is 3.26. The van der Waals surface area contributed by atoms with Gasteiger partial charge in [-0.2, -0.15) is 9.65 Å². The third kappa shape index (κ3) is 1.51. The third-order valence-corrected chi connectivity index (χ3v) is 1.76. The van der Waals surface area contributed by atoms with Crippen molar-refractivity contribution < 1.29 is 14.2 Å². The van der Waals surface area contributed by atoms with E-state index in [4.69, 9.17) is 22.0 Å². The predicted octanol–water partition coefficient (Wildman–Crippen LogP) is 2.06. The Morgan fingerprint density at radius 3 is 2.77 bits per heavy atom. The van der Waals surface area contributed by atoms with E-state index in [1.54, 1.807) is 6.07 Å². The number of ether oxygens (including phenoxy) is 1. The maximum absolute atomic E-state index is 13.1. The van der Waals surface area contributed by atoms with Crippen molar-refractivity contribution in [3.05, 3.63) is 22.5 Å². The van der Waals surface area contributed by atoms with Gasteiger partial charge in [-0.3, -0.25) is 0 Å². The molecule has 0 aromatic heterocycles. The molecule has 5 heteroatoms. The fourth-order valence-electron chi connectivity index (χ4n) is 0.864. The van der Waals surface area contributed by atoms with Crippen molar-refractivity contribution in [2.24, 2.45) is 0 Å². The molecule has 13 heavy (non-hydrogen) atoms. The van der Waals surface area contributed by atoms with Crippen molar-refractivity contribution in [1.29, 1.82) is 5.26 Å². The summed E-state index contributed by atoms with van der Waals surface area (Å²) in [5, 5.41) is 17.5. The van der Waals surface area contributed by atoms with Crippen LogP contribution in [0.25, 0.3) is 0 Å². The number of benzene rings is 1. The molecule has 0 amide bonds. The van der Waals surface area contributed by atoms with Crippen LogP contribution in [0, 0.1) is 17.1 Å². The van der Waals surface area contributed by atoms with Gasteiger partial charge in [-0.15, -0.1) is 0 Å². The summed E-state index contributed by atoms with van der Waals surface area (Å²) >= 11 is 5.56. The SMILES string of the molecule is COc1c(Cl)cc(C#N)c(O)c1F. The molecular formula is C8H5ClFNO2. The van der Waals surface area contributed by atoms with E-state index in [0.29, 0.717) is 0 Å². The third-order valence-electron chi connectivity index (χ3n) is 1.47. The zero-order valence-corrected chi connectivity index (χ0v) is 7.39. The molecule has 0 fully saturated rings. The van der Waals surface area contributed by atoms with Crippen molar-refractivity contribution in [3.63, 3.8) is 0 Å². The van der Waals surface area contributed by atoms with Crippen LogP contribution in [-0.2, 0) is 0 Å². The zero-order valence-electron chi connectivity index (χ0n) is 6.64. The molecular weight excluding hydrogens is 197 g/mol. The fraction of sp³-hybridized carbons (Fsp3) is 0.125. The van der Waals surface area contributed by atoms with Gasteiger partial charge in [0, 0.05) is 0 Å². The van der Waals surface area contributed by atoms with Crippen LogP contribution in [0.3, 0.4) is 0 Å². The molecule has 1 N–H and O–H groups in total. The van der Waals surface area contributed by atoms with E-state index >= 15 is 0 Å². The molecule has 0 radical (unpaired) electrons. The average molecular weight is 202 g/mol. The van der Waals surface area contributed by atoms with E-state index < -0.39 is 11.6 Å². The number of aromatic hydroxyl groups is 1. The Morgan fingerprint density at radius 1 is 1.69 bits per heavy atom. The summed E-state index contributed by atoms with van der Waals surface area (Å²) in [6.07, 6.45) is 0. The lowest BCUT2D eigenvalue weighted by Gasteiger charge is -2.06. The lowest BCUT2D eigenvalue weighted by atomic mass is 10.2.